The lowest BCUT2D eigenvalue weighted by Crippen LogP contribution is -2.45. The third-order valence-electron chi connectivity index (χ3n) is 2.72. The van der Waals surface area contributed by atoms with Gasteiger partial charge in [0.2, 0.25) is 0 Å². The fourth-order valence-electron chi connectivity index (χ4n) is 1.79. The van der Waals surface area contributed by atoms with Gasteiger partial charge < -0.3 is 5.11 Å². The predicted octanol–water partition coefficient (Wildman–Crippen LogP) is 1.07. The van der Waals surface area contributed by atoms with E-state index in [0.717, 1.165) is 5.56 Å². The van der Waals surface area contributed by atoms with Crippen molar-refractivity contribution in [3.8, 4) is 0 Å². The molecule has 0 bridgehead atoms. The first-order valence-corrected chi connectivity index (χ1v) is 6.23. The molecule has 1 rings (SSSR count). The van der Waals surface area contributed by atoms with Crippen LogP contribution in [0.25, 0.3) is 0 Å². The molecular formula is C14H20O6. The second-order valence-electron chi connectivity index (χ2n) is 4.28. The highest BCUT2D eigenvalue weighted by atomic mass is 17.2. The SMILES string of the molecule is COO[C@@H]([C@H](C)O)[C@H](OOC)C(=O)Cc1ccccc1. The molecule has 1 aromatic carbocycles. The van der Waals surface area contributed by atoms with Crippen LogP contribution in [-0.4, -0.2) is 43.4 Å². The van der Waals surface area contributed by atoms with Crippen molar-refractivity contribution >= 4 is 5.78 Å². The monoisotopic (exact) mass is 284 g/mol. The van der Waals surface area contributed by atoms with Crippen LogP contribution in [0.2, 0.25) is 0 Å². The zero-order valence-corrected chi connectivity index (χ0v) is 11.8. The maximum atomic E-state index is 12.3. The zero-order chi connectivity index (χ0) is 15.0. The largest absolute Gasteiger partial charge is 0.390 e. The average Bonchev–Trinajstić information content (AvgIpc) is 2.43. The highest BCUT2D eigenvalue weighted by molar-refractivity contribution is 5.85. The first-order chi connectivity index (χ1) is 9.60. The minimum atomic E-state index is -1.08. The predicted molar refractivity (Wildman–Crippen MR) is 70.6 cm³/mol. The minimum absolute atomic E-state index is 0.144. The van der Waals surface area contributed by atoms with Gasteiger partial charge in [-0.05, 0) is 12.5 Å². The van der Waals surface area contributed by atoms with Crippen molar-refractivity contribution in [2.75, 3.05) is 14.2 Å². The Morgan fingerprint density at radius 2 is 1.75 bits per heavy atom. The summed E-state index contributed by atoms with van der Waals surface area (Å²) in [7, 11) is 2.58. The Kier molecular flexibility index (Phi) is 7.35. The van der Waals surface area contributed by atoms with E-state index >= 15 is 0 Å². The molecule has 0 saturated heterocycles. The van der Waals surface area contributed by atoms with Gasteiger partial charge in [-0.1, -0.05) is 30.3 Å². The average molecular weight is 284 g/mol. The van der Waals surface area contributed by atoms with Crippen molar-refractivity contribution in [3.05, 3.63) is 35.9 Å². The Morgan fingerprint density at radius 3 is 2.25 bits per heavy atom. The Labute approximate surface area is 118 Å². The van der Waals surface area contributed by atoms with Crippen molar-refractivity contribution in [2.45, 2.75) is 31.7 Å². The van der Waals surface area contributed by atoms with E-state index in [1.807, 2.05) is 30.3 Å². The summed E-state index contributed by atoms with van der Waals surface area (Å²) >= 11 is 0. The van der Waals surface area contributed by atoms with Crippen molar-refractivity contribution in [1.82, 2.24) is 0 Å². The number of carbonyl (C=O) groups excluding carboxylic acids is 1. The van der Waals surface area contributed by atoms with Crippen LogP contribution in [0.5, 0.6) is 0 Å². The van der Waals surface area contributed by atoms with Crippen molar-refractivity contribution in [3.63, 3.8) is 0 Å². The van der Waals surface area contributed by atoms with Crippen LogP contribution in [0.3, 0.4) is 0 Å². The van der Waals surface area contributed by atoms with E-state index in [1.165, 1.54) is 21.1 Å². The molecule has 6 heteroatoms. The van der Waals surface area contributed by atoms with E-state index in [9.17, 15) is 9.90 Å². The number of carbonyl (C=O) groups is 1. The second-order valence-corrected chi connectivity index (χ2v) is 4.28. The third-order valence-corrected chi connectivity index (χ3v) is 2.72. The fourth-order valence-corrected chi connectivity index (χ4v) is 1.79. The van der Waals surface area contributed by atoms with Gasteiger partial charge in [-0.25, -0.2) is 19.6 Å². The molecule has 20 heavy (non-hydrogen) atoms. The molecule has 0 spiro atoms. The highest BCUT2D eigenvalue weighted by Crippen LogP contribution is 2.14. The first kappa shape index (κ1) is 16.7. The summed E-state index contributed by atoms with van der Waals surface area (Å²) in [6.45, 7) is 1.48. The summed E-state index contributed by atoms with van der Waals surface area (Å²) < 4.78 is 0. The van der Waals surface area contributed by atoms with Gasteiger partial charge in [-0.15, -0.1) is 0 Å². The number of aliphatic hydroxyl groups excluding tert-OH is 1. The normalized spacial score (nSPS) is 15.6. The van der Waals surface area contributed by atoms with E-state index in [2.05, 4.69) is 9.78 Å². The quantitative estimate of drug-likeness (QED) is 0.540. The molecule has 0 aromatic heterocycles. The summed E-state index contributed by atoms with van der Waals surface area (Å²) in [4.78, 5) is 31.2. The minimum Gasteiger partial charge on any atom is -0.390 e. The number of rotatable bonds is 9. The number of aliphatic hydroxyl groups is 1. The van der Waals surface area contributed by atoms with Crippen LogP contribution < -0.4 is 0 Å². The lowest BCUT2D eigenvalue weighted by atomic mass is 9.99. The molecule has 3 atom stereocenters. The van der Waals surface area contributed by atoms with Gasteiger partial charge in [0.05, 0.1) is 20.3 Å². The summed E-state index contributed by atoms with van der Waals surface area (Å²) in [5, 5.41) is 9.66. The number of ketones is 1. The van der Waals surface area contributed by atoms with Crippen LogP contribution in [0.15, 0.2) is 30.3 Å². The van der Waals surface area contributed by atoms with Gasteiger partial charge in [-0.3, -0.25) is 4.79 Å². The van der Waals surface area contributed by atoms with E-state index in [1.54, 1.807) is 0 Å². The molecule has 1 aromatic rings. The Balaban J connectivity index is 2.80. The first-order valence-electron chi connectivity index (χ1n) is 6.23. The molecule has 0 aliphatic carbocycles. The molecular weight excluding hydrogens is 264 g/mol. The van der Waals surface area contributed by atoms with E-state index in [-0.39, 0.29) is 12.2 Å². The molecule has 0 fully saturated rings. The maximum Gasteiger partial charge on any atom is 0.183 e. The van der Waals surface area contributed by atoms with Gasteiger partial charge in [0.25, 0.3) is 0 Å². The van der Waals surface area contributed by atoms with E-state index in [4.69, 9.17) is 9.78 Å². The van der Waals surface area contributed by atoms with Crippen LogP contribution in [-0.2, 0) is 30.8 Å². The van der Waals surface area contributed by atoms with Crippen molar-refractivity contribution < 1.29 is 29.5 Å². The number of benzene rings is 1. The van der Waals surface area contributed by atoms with Crippen LogP contribution >= 0.6 is 0 Å². The van der Waals surface area contributed by atoms with Crippen LogP contribution in [0.1, 0.15) is 12.5 Å². The second kappa shape index (κ2) is 8.78. The molecule has 6 nitrogen and oxygen atoms in total. The summed E-state index contributed by atoms with van der Waals surface area (Å²) in [6, 6.07) is 9.20. The van der Waals surface area contributed by atoms with Gasteiger partial charge in [0, 0.05) is 6.42 Å². The van der Waals surface area contributed by atoms with Gasteiger partial charge >= 0.3 is 0 Å². The molecule has 0 saturated carbocycles. The zero-order valence-electron chi connectivity index (χ0n) is 11.8. The van der Waals surface area contributed by atoms with Gasteiger partial charge in [0.15, 0.2) is 18.0 Å². The number of hydrogen-bond donors (Lipinski definition) is 1. The Bertz CT molecular complexity index is 392. The smallest absolute Gasteiger partial charge is 0.183 e. The summed E-state index contributed by atoms with van der Waals surface area (Å²) in [6.07, 6.45) is -2.88. The fraction of sp³-hybridized carbons (Fsp3) is 0.500. The molecule has 1 N–H and O–H groups in total. The molecule has 112 valence electrons. The Morgan fingerprint density at radius 1 is 1.15 bits per heavy atom. The topological polar surface area (TPSA) is 74.2 Å². The Hall–Kier alpha value is -1.31. The summed E-state index contributed by atoms with van der Waals surface area (Å²) in [5.41, 5.74) is 0.837. The maximum absolute atomic E-state index is 12.3. The van der Waals surface area contributed by atoms with Crippen LogP contribution in [0.4, 0.5) is 0 Å². The lowest BCUT2D eigenvalue weighted by Gasteiger charge is -2.25. The van der Waals surface area contributed by atoms with Crippen molar-refractivity contribution in [2.24, 2.45) is 0 Å². The summed E-state index contributed by atoms with van der Waals surface area (Å²) in [5.74, 6) is -0.277. The van der Waals surface area contributed by atoms with E-state index < -0.39 is 18.3 Å². The molecule has 0 aliphatic heterocycles. The van der Waals surface area contributed by atoms with Gasteiger partial charge in [0.1, 0.15) is 0 Å². The molecule has 0 unspecified atom stereocenters. The standard InChI is InChI=1S/C14H20O6/c1-10(15)13(19-17-2)14(20-18-3)12(16)9-11-7-5-4-6-8-11/h4-8,10,13-15H,9H2,1-3H3/t10-,13-,14+/m0/s1. The molecule has 0 heterocycles. The third kappa shape index (κ3) is 4.99. The number of Topliss-reactive ketones (excluding diaryl/α,β-unsaturated/α-hetero) is 1. The number of hydrogen-bond acceptors (Lipinski definition) is 6. The van der Waals surface area contributed by atoms with E-state index in [0.29, 0.717) is 0 Å². The van der Waals surface area contributed by atoms with Gasteiger partial charge in [-0.2, -0.15) is 0 Å². The van der Waals surface area contributed by atoms with Crippen molar-refractivity contribution in [1.29, 1.82) is 0 Å². The molecule has 0 aliphatic rings. The highest BCUT2D eigenvalue weighted by Gasteiger charge is 2.35. The lowest BCUT2D eigenvalue weighted by molar-refractivity contribution is -0.376. The molecule has 0 amide bonds. The molecule has 0 radical (unpaired) electrons. The van der Waals surface area contributed by atoms with Crippen LogP contribution in [0, 0.1) is 0 Å².